The number of unbranched alkanes of at least 4 members (excludes halogenated alkanes) is 10. The summed E-state index contributed by atoms with van der Waals surface area (Å²) in [7, 11) is 0. The van der Waals surface area contributed by atoms with Crippen LogP contribution in [0.2, 0.25) is 0 Å². The molecule has 0 aromatic carbocycles. The predicted octanol–water partition coefficient (Wildman–Crippen LogP) is 5.58. The van der Waals surface area contributed by atoms with Gasteiger partial charge in [0.05, 0.1) is 6.61 Å². The highest BCUT2D eigenvalue weighted by Gasteiger charge is 2.06. The van der Waals surface area contributed by atoms with Crippen LogP contribution in [0.1, 0.15) is 104 Å². The molecule has 1 atom stereocenters. The molecule has 26 heavy (non-hydrogen) atoms. The molecular formula is C22H38O4. The highest BCUT2D eigenvalue weighted by molar-refractivity contribution is 5.69. The fourth-order valence-electron chi connectivity index (χ4n) is 2.68. The number of ether oxygens (including phenoxy) is 2. The van der Waals surface area contributed by atoms with E-state index in [4.69, 9.17) is 15.9 Å². The molecule has 1 unspecified atom stereocenters. The lowest BCUT2D eigenvalue weighted by Gasteiger charge is -2.07. The highest BCUT2D eigenvalue weighted by atomic mass is 16.5. The zero-order valence-electron chi connectivity index (χ0n) is 16.9. The summed E-state index contributed by atoms with van der Waals surface area (Å²) in [6.07, 6.45) is 18.8. The first-order chi connectivity index (χ1) is 12.6. The molecule has 0 spiro atoms. The molecule has 0 aliphatic rings. The zero-order chi connectivity index (χ0) is 19.5. The molecular weight excluding hydrogens is 328 g/mol. The third-order valence-corrected chi connectivity index (χ3v) is 4.32. The lowest BCUT2D eigenvalue weighted by atomic mass is 10.1. The third kappa shape index (κ3) is 17.3. The van der Waals surface area contributed by atoms with Gasteiger partial charge in [0.15, 0.2) is 6.10 Å². The third-order valence-electron chi connectivity index (χ3n) is 4.32. The fourth-order valence-corrected chi connectivity index (χ4v) is 2.68. The van der Waals surface area contributed by atoms with Gasteiger partial charge >= 0.3 is 11.9 Å². The van der Waals surface area contributed by atoms with Gasteiger partial charge in [-0.3, -0.25) is 9.59 Å². The zero-order valence-corrected chi connectivity index (χ0v) is 16.9. The first-order valence-electron chi connectivity index (χ1n) is 10.4. The van der Waals surface area contributed by atoms with Crippen LogP contribution in [0.4, 0.5) is 0 Å². The molecule has 0 aliphatic carbocycles. The Morgan fingerprint density at radius 2 is 1.31 bits per heavy atom. The lowest BCUT2D eigenvalue weighted by Crippen LogP contribution is -2.12. The Bertz CT molecular complexity index is 397. The van der Waals surface area contributed by atoms with Crippen LogP contribution < -0.4 is 0 Å². The standard InChI is InChI=1S/C22H38O4/c1-4-6-7-8-13-16-19-25-21(23)17-14-11-9-10-12-15-18-22(24)26-20(3)5-2/h2,20H,4,6-19H2,1,3H3. The molecule has 0 fully saturated rings. The minimum atomic E-state index is -0.441. The predicted molar refractivity (Wildman–Crippen MR) is 106 cm³/mol. The molecule has 0 bridgehead atoms. The quantitative estimate of drug-likeness (QED) is 0.192. The van der Waals surface area contributed by atoms with Gasteiger partial charge in [0.1, 0.15) is 0 Å². The minimum Gasteiger partial charge on any atom is -0.466 e. The van der Waals surface area contributed by atoms with Crippen LogP contribution in [0, 0.1) is 12.3 Å². The molecule has 0 aromatic rings. The molecule has 0 saturated carbocycles. The van der Waals surface area contributed by atoms with Crippen LogP contribution >= 0.6 is 0 Å². The Hall–Kier alpha value is -1.50. The van der Waals surface area contributed by atoms with Gasteiger partial charge in [0.25, 0.3) is 0 Å². The summed E-state index contributed by atoms with van der Waals surface area (Å²) in [5.74, 6) is 2.09. The topological polar surface area (TPSA) is 52.6 Å². The molecule has 0 aliphatic heterocycles. The summed E-state index contributed by atoms with van der Waals surface area (Å²) in [5, 5.41) is 0. The van der Waals surface area contributed by atoms with Gasteiger partial charge in [-0.1, -0.05) is 70.6 Å². The number of carbonyl (C=O) groups is 2. The molecule has 4 nitrogen and oxygen atoms in total. The number of hydrogen-bond acceptors (Lipinski definition) is 4. The van der Waals surface area contributed by atoms with E-state index in [0.717, 1.165) is 51.4 Å². The molecule has 0 aromatic heterocycles. The molecule has 0 heterocycles. The second-order valence-corrected chi connectivity index (χ2v) is 6.91. The van der Waals surface area contributed by atoms with E-state index < -0.39 is 6.10 Å². The molecule has 0 N–H and O–H groups in total. The second-order valence-electron chi connectivity index (χ2n) is 6.91. The van der Waals surface area contributed by atoms with E-state index in [2.05, 4.69) is 12.8 Å². The maximum absolute atomic E-state index is 11.6. The Kier molecular flexibility index (Phi) is 17.2. The number of esters is 2. The number of terminal acetylenes is 1. The number of carbonyl (C=O) groups excluding carboxylic acids is 2. The van der Waals surface area contributed by atoms with Gasteiger partial charge in [0.2, 0.25) is 0 Å². The molecule has 0 rings (SSSR count). The maximum atomic E-state index is 11.6. The van der Waals surface area contributed by atoms with Gasteiger partial charge in [0, 0.05) is 12.8 Å². The van der Waals surface area contributed by atoms with Crippen LogP contribution in [-0.2, 0) is 19.1 Å². The summed E-state index contributed by atoms with van der Waals surface area (Å²) in [5.41, 5.74) is 0. The second kappa shape index (κ2) is 18.3. The van der Waals surface area contributed by atoms with E-state index >= 15 is 0 Å². The van der Waals surface area contributed by atoms with E-state index in [-0.39, 0.29) is 11.9 Å². The SMILES string of the molecule is C#CC(C)OC(=O)CCCCCCCCC(=O)OCCCCCCCC. The molecule has 4 heteroatoms. The summed E-state index contributed by atoms with van der Waals surface area (Å²) in [6, 6.07) is 0. The summed E-state index contributed by atoms with van der Waals surface area (Å²) in [6.45, 7) is 4.47. The summed E-state index contributed by atoms with van der Waals surface area (Å²) < 4.78 is 10.3. The van der Waals surface area contributed by atoms with Crippen molar-refractivity contribution in [2.24, 2.45) is 0 Å². The average Bonchev–Trinajstić information content (AvgIpc) is 2.62. The van der Waals surface area contributed by atoms with Crippen molar-refractivity contribution in [2.45, 2.75) is 110 Å². The van der Waals surface area contributed by atoms with Gasteiger partial charge in [-0.05, 0) is 26.2 Å². The van der Waals surface area contributed by atoms with Crippen molar-refractivity contribution < 1.29 is 19.1 Å². The van der Waals surface area contributed by atoms with Crippen molar-refractivity contribution in [2.75, 3.05) is 6.61 Å². The Balaban J connectivity index is 3.30. The Morgan fingerprint density at radius 3 is 1.88 bits per heavy atom. The van der Waals surface area contributed by atoms with Gasteiger partial charge in [-0.25, -0.2) is 0 Å². The van der Waals surface area contributed by atoms with Gasteiger partial charge in [-0.2, -0.15) is 0 Å². The first-order valence-corrected chi connectivity index (χ1v) is 10.4. The van der Waals surface area contributed by atoms with Crippen LogP contribution in [0.25, 0.3) is 0 Å². The van der Waals surface area contributed by atoms with E-state index in [1.165, 1.54) is 25.7 Å². The highest BCUT2D eigenvalue weighted by Crippen LogP contribution is 2.10. The van der Waals surface area contributed by atoms with E-state index in [1.54, 1.807) is 6.92 Å². The average molecular weight is 367 g/mol. The van der Waals surface area contributed by atoms with Crippen molar-refractivity contribution in [1.82, 2.24) is 0 Å². The van der Waals surface area contributed by atoms with Crippen LogP contribution in [0.3, 0.4) is 0 Å². The maximum Gasteiger partial charge on any atom is 0.307 e. The Labute approximate surface area is 160 Å². The molecule has 150 valence electrons. The normalized spacial score (nSPS) is 11.6. The Morgan fingerprint density at radius 1 is 0.808 bits per heavy atom. The summed E-state index contributed by atoms with van der Waals surface area (Å²) in [4.78, 5) is 23.0. The summed E-state index contributed by atoms with van der Waals surface area (Å²) >= 11 is 0. The minimum absolute atomic E-state index is 0.0658. The van der Waals surface area contributed by atoms with E-state index in [0.29, 0.717) is 19.4 Å². The van der Waals surface area contributed by atoms with Crippen LogP contribution in [0.15, 0.2) is 0 Å². The molecule has 0 saturated heterocycles. The van der Waals surface area contributed by atoms with Gasteiger partial charge in [-0.15, -0.1) is 6.42 Å². The fraction of sp³-hybridized carbons (Fsp3) is 0.818. The molecule has 0 amide bonds. The number of rotatable bonds is 17. The van der Waals surface area contributed by atoms with Crippen molar-refractivity contribution in [3.05, 3.63) is 0 Å². The van der Waals surface area contributed by atoms with Crippen LogP contribution in [0.5, 0.6) is 0 Å². The first kappa shape index (κ1) is 24.5. The van der Waals surface area contributed by atoms with Crippen molar-refractivity contribution in [3.63, 3.8) is 0 Å². The van der Waals surface area contributed by atoms with Crippen molar-refractivity contribution in [3.8, 4) is 12.3 Å². The monoisotopic (exact) mass is 366 g/mol. The molecule has 0 radical (unpaired) electrons. The lowest BCUT2D eigenvalue weighted by molar-refractivity contribution is -0.146. The number of hydrogen-bond donors (Lipinski definition) is 0. The smallest absolute Gasteiger partial charge is 0.307 e. The van der Waals surface area contributed by atoms with Crippen LogP contribution in [-0.4, -0.2) is 24.6 Å². The van der Waals surface area contributed by atoms with Crippen molar-refractivity contribution >= 4 is 11.9 Å². The van der Waals surface area contributed by atoms with E-state index in [9.17, 15) is 9.59 Å². The van der Waals surface area contributed by atoms with Gasteiger partial charge < -0.3 is 9.47 Å². The largest absolute Gasteiger partial charge is 0.466 e. The van der Waals surface area contributed by atoms with Crippen molar-refractivity contribution in [1.29, 1.82) is 0 Å². The van der Waals surface area contributed by atoms with E-state index in [1.807, 2.05) is 0 Å².